The van der Waals surface area contributed by atoms with Crippen molar-refractivity contribution in [3.63, 3.8) is 0 Å². The Kier molecular flexibility index (Phi) is 9.37. The van der Waals surface area contributed by atoms with Crippen molar-refractivity contribution in [2.24, 2.45) is 0 Å². The molecule has 6 heteroatoms. The van der Waals surface area contributed by atoms with E-state index in [0.717, 1.165) is 17.4 Å². The molecular weight excluding hydrogens is 384 g/mol. The highest BCUT2D eigenvalue weighted by Gasteiger charge is 2.23. The van der Waals surface area contributed by atoms with Gasteiger partial charge in [-0.3, -0.25) is 0 Å². The average molecular weight is 417 g/mol. The van der Waals surface area contributed by atoms with Gasteiger partial charge in [-0.2, -0.15) is 0 Å². The molecule has 0 spiro atoms. The molecule has 0 N–H and O–H groups in total. The van der Waals surface area contributed by atoms with Gasteiger partial charge in [-0.05, 0) is 36.2 Å². The molecule has 0 aliphatic heterocycles. The summed E-state index contributed by atoms with van der Waals surface area (Å²) in [6.07, 6.45) is -0.815. The molecule has 0 aliphatic carbocycles. The van der Waals surface area contributed by atoms with E-state index in [0.29, 0.717) is 25.4 Å². The topological polar surface area (TPSA) is 54.0 Å². The Morgan fingerprint density at radius 3 is 2.31 bits per heavy atom. The lowest BCUT2D eigenvalue weighted by molar-refractivity contribution is -0.167. The molecule has 0 radical (unpaired) electrons. The van der Waals surface area contributed by atoms with Gasteiger partial charge in [0.1, 0.15) is 19.1 Å². The van der Waals surface area contributed by atoms with E-state index in [2.05, 4.69) is 19.6 Å². The molecule has 0 amide bonds. The highest BCUT2D eigenvalue weighted by Crippen LogP contribution is 2.23. The first-order valence-corrected chi connectivity index (χ1v) is 13.7. The fourth-order valence-corrected chi connectivity index (χ4v) is 3.31. The third kappa shape index (κ3) is 8.81. The third-order valence-corrected chi connectivity index (χ3v) is 5.95. The summed E-state index contributed by atoms with van der Waals surface area (Å²) < 4.78 is 22.2. The van der Waals surface area contributed by atoms with Gasteiger partial charge in [-0.1, -0.05) is 62.1 Å². The first-order chi connectivity index (χ1) is 13.9. The summed E-state index contributed by atoms with van der Waals surface area (Å²) in [5, 5.41) is 0. The van der Waals surface area contributed by atoms with Crippen molar-refractivity contribution in [3.8, 4) is 5.75 Å². The zero-order chi connectivity index (χ0) is 21.1. The molecule has 29 heavy (non-hydrogen) atoms. The Labute approximate surface area is 174 Å². The normalized spacial score (nSPS) is 12.4. The maximum atomic E-state index is 12.3. The Bertz CT molecular complexity index is 725. The quantitative estimate of drug-likeness (QED) is 0.206. The van der Waals surface area contributed by atoms with Crippen molar-refractivity contribution in [3.05, 3.63) is 65.7 Å². The van der Waals surface area contributed by atoms with E-state index in [4.69, 9.17) is 18.9 Å². The van der Waals surface area contributed by atoms with E-state index in [1.54, 1.807) is 6.92 Å². The molecule has 0 heterocycles. The molecule has 0 bridgehead atoms. The van der Waals surface area contributed by atoms with Crippen LogP contribution in [-0.4, -0.2) is 34.0 Å². The highest BCUT2D eigenvalue weighted by atomic mass is 28.3. The number of carbonyl (C=O) groups is 1. The highest BCUT2D eigenvalue weighted by molar-refractivity contribution is 6.76. The van der Waals surface area contributed by atoms with Crippen molar-refractivity contribution in [2.75, 3.05) is 20.0 Å². The zero-order valence-corrected chi connectivity index (χ0v) is 18.9. The fraction of sp³-hybridized carbons (Fsp3) is 0.435. The number of rotatable bonds is 12. The Morgan fingerprint density at radius 1 is 1.00 bits per heavy atom. The monoisotopic (exact) mass is 416 g/mol. The summed E-state index contributed by atoms with van der Waals surface area (Å²) in [5.74, 6) is 0.311. The van der Waals surface area contributed by atoms with Crippen molar-refractivity contribution in [2.45, 2.75) is 45.3 Å². The van der Waals surface area contributed by atoms with Gasteiger partial charge in [0, 0.05) is 14.7 Å². The maximum Gasteiger partial charge on any atom is 0.340 e. The predicted molar refractivity (Wildman–Crippen MR) is 117 cm³/mol. The van der Waals surface area contributed by atoms with E-state index in [1.165, 1.54) is 0 Å². The van der Waals surface area contributed by atoms with Crippen LogP contribution in [-0.2, 0) is 25.6 Å². The lowest BCUT2D eigenvalue weighted by Gasteiger charge is -2.19. The van der Waals surface area contributed by atoms with E-state index < -0.39 is 20.1 Å². The molecule has 2 aromatic rings. The summed E-state index contributed by atoms with van der Waals surface area (Å²) >= 11 is 0. The van der Waals surface area contributed by atoms with Gasteiger partial charge in [0.15, 0.2) is 6.10 Å². The van der Waals surface area contributed by atoms with E-state index in [9.17, 15) is 4.79 Å². The van der Waals surface area contributed by atoms with Crippen LogP contribution in [0.5, 0.6) is 5.75 Å². The van der Waals surface area contributed by atoms with Crippen LogP contribution in [0.25, 0.3) is 0 Å². The predicted octanol–water partition coefficient (Wildman–Crippen LogP) is 5.20. The van der Waals surface area contributed by atoms with E-state index in [1.807, 2.05) is 54.6 Å². The minimum Gasteiger partial charge on any atom is -0.489 e. The van der Waals surface area contributed by atoms with Gasteiger partial charge in [0.05, 0.1) is 6.61 Å². The molecule has 158 valence electrons. The van der Waals surface area contributed by atoms with Crippen LogP contribution in [0.1, 0.15) is 24.2 Å². The number of benzene rings is 2. The number of carbonyl (C=O) groups excluding carboxylic acids is 1. The molecule has 0 fully saturated rings. The Balaban J connectivity index is 1.92. The van der Waals surface area contributed by atoms with Gasteiger partial charge in [0.2, 0.25) is 0 Å². The molecule has 0 unspecified atom stereocenters. The number of esters is 1. The number of hydrogen-bond acceptors (Lipinski definition) is 5. The molecule has 5 nitrogen and oxygen atoms in total. The Hall–Kier alpha value is -2.15. The first kappa shape index (κ1) is 23.1. The van der Waals surface area contributed by atoms with Crippen LogP contribution in [0.2, 0.25) is 25.7 Å². The van der Waals surface area contributed by atoms with Crippen LogP contribution in [0.4, 0.5) is 0 Å². The smallest absolute Gasteiger partial charge is 0.340 e. The average Bonchev–Trinajstić information content (AvgIpc) is 2.70. The van der Waals surface area contributed by atoms with E-state index >= 15 is 0 Å². The fourth-order valence-electron chi connectivity index (χ4n) is 2.55. The van der Waals surface area contributed by atoms with Gasteiger partial charge in [-0.25, -0.2) is 4.79 Å². The van der Waals surface area contributed by atoms with Crippen LogP contribution < -0.4 is 4.74 Å². The Morgan fingerprint density at radius 2 is 1.69 bits per heavy atom. The second-order valence-corrected chi connectivity index (χ2v) is 13.6. The lowest BCUT2D eigenvalue weighted by Crippen LogP contribution is -2.23. The van der Waals surface area contributed by atoms with Crippen molar-refractivity contribution >= 4 is 14.0 Å². The van der Waals surface area contributed by atoms with Gasteiger partial charge < -0.3 is 18.9 Å². The molecule has 0 aliphatic rings. The van der Waals surface area contributed by atoms with Crippen molar-refractivity contribution < 1.29 is 23.7 Å². The van der Waals surface area contributed by atoms with Gasteiger partial charge >= 0.3 is 5.97 Å². The van der Waals surface area contributed by atoms with Crippen molar-refractivity contribution in [1.82, 2.24) is 0 Å². The van der Waals surface area contributed by atoms with Crippen LogP contribution >= 0.6 is 0 Å². The molecule has 2 rings (SSSR count). The summed E-state index contributed by atoms with van der Waals surface area (Å²) in [6, 6.07) is 18.3. The number of ether oxygens (including phenoxy) is 4. The summed E-state index contributed by atoms with van der Waals surface area (Å²) in [6.45, 7) is 10.1. The van der Waals surface area contributed by atoms with Crippen LogP contribution in [0, 0.1) is 0 Å². The lowest BCUT2D eigenvalue weighted by atomic mass is 10.1. The molecule has 1 atom stereocenters. The van der Waals surface area contributed by atoms with Crippen molar-refractivity contribution in [1.29, 1.82) is 0 Å². The maximum absolute atomic E-state index is 12.3. The first-order valence-electron chi connectivity index (χ1n) is 10.0. The molecule has 2 aromatic carbocycles. The molecular formula is C23H32O5Si. The largest absolute Gasteiger partial charge is 0.489 e. The zero-order valence-electron chi connectivity index (χ0n) is 17.9. The van der Waals surface area contributed by atoms with E-state index in [-0.39, 0.29) is 6.79 Å². The van der Waals surface area contributed by atoms with Crippen LogP contribution in [0.15, 0.2) is 54.6 Å². The second-order valence-electron chi connectivity index (χ2n) is 7.98. The van der Waals surface area contributed by atoms with Gasteiger partial charge in [0.25, 0.3) is 0 Å². The minimum atomic E-state index is -1.16. The number of hydrogen-bond donors (Lipinski definition) is 0. The SMILES string of the molecule is CCOC(=O)[C@H](OCOCC[Si](C)(C)C)c1ccc(OCc2ccccc2)cc1. The van der Waals surface area contributed by atoms with Crippen LogP contribution in [0.3, 0.4) is 0 Å². The van der Waals surface area contributed by atoms with Gasteiger partial charge in [-0.15, -0.1) is 0 Å². The molecule has 0 aromatic heterocycles. The second kappa shape index (κ2) is 11.8. The standard InChI is InChI=1S/C23H32O5Si/c1-5-26-23(24)22(28-18-25-15-16-29(2,3)4)20-11-13-21(14-12-20)27-17-19-9-7-6-8-10-19/h6-14,22H,5,15-18H2,1-4H3/t22-/m1/s1. The molecule has 0 saturated heterocycles. The third-order valence-electron chi connectivity index (χ3n) is 4.25. The summed E-state index contributed by atoms with van der Waals surface area (Å²) in [7, 11) is -1.16. The summed E-state index contributed by atoms with van der Waals surface area (Å²) in [4.78, 5) is 12.3. The summed E-state index contributed by atoms with van der Waals surface area (Å²) in [5.41, 5.74) is 1.81. The molecule has 0 saturated carbocycles. The minimum absolute atomic E-state index is 0.0558.